The molecule has 0 aromatic heterocycles. The maximum Gasteiger partial charge on any atom is 0.261 e. The number of nitriles is 1. The van der Waals surface area contributed by atoms with Gasteiger partial charge in [-0.25, -0.2) is 0 Å². The first kappa shape index (κ1) is 18.4. The Kier molecular flexibility index (Phi) is 8.11. The van der Waals surface area contributed by atoms with Crippen LogP contribution >= 0.6 is 0 Å². The highest BCUT2D eigenvalue weighted by molar-refractivity contribution is 6.01. The first-order chi connectivity index (χ1) is 11.1. The molecule has 6 nitrogen and oxygen atoms in total. The molecule has 0 fully saturated rings. The van der Waals surface area contributed by atoms with Crippen molar-refractivity contribution < 1.29 is 14.3 Å². The van der Waals surface area contributed by atoms with Crippen LogP contribution < -0.4 is 10.6 Å². The molecule has 0 saturated heterocycles. The Morgan fingerprint density at radius 2 is 2.00 bits per heavy atom. The van der Waals surface area contributed by atoms with Crippen molar-refractivity contribution in [1.29, 1.82) is 5.26 Å². The van der Waals surface area contributed by atoms with Crippen molar-refractivity contribution in [2.75, 3.05) is 25.1 Å². The minimum atomic E-state index is -0.407. The summed E-state index contributed by atoms with van der Waals surface area (Å²) in [6.45, 7) is 5.02. The number of carbonyl (C=O) groups excluding carboxylic acids is 2. The Balaban J connectivity index is 2.62. The summed E-state index contributed by atoms with van der Waals surface area (Å²) in [5.41, 5.74) is 1.40. The Hall–Kier alpha value is -2.65. The van der Waals surface area contributed by atoms with Gasteiger partial charge in [-0.1, -0.05) is 12.1 Å². The number of nitrogens with one attached hydrogen (secondary N) is 2. The third-order valence-corrected chi connectivity index (χ3v) is 2.86. The normalized spacial score (nSPS) is 10.7. The van der Waals surface area contributed by atoms with Crippen LogP contribution in [0.2, 0.25) is 0 Å². The smallest absolute Gasteiger partial charge is 0.261 e. The van der Waals surface area contributed by atoms with E-state index >= 15 is 0 Å². The molecule has 122 valence electrons. The maximum atomic E-state index is 11.9. The van der Waals surface area contributed by atoms with Crippen LogP contribution in [0, 0.1) is 11.3 Å². The number of amides is 2. The second-order valence-electron chi connectivity index (χ2n) is 4.78. The standard InChI is InChI=1S/C17H21N3O3/c1-3-23-10-4-9-19-17(22)15(12-18)11-14-5-7-16(8-6-14)20-13(2)21/h5-8,11H,3-4,9-10H2,1-2H3,(H,19,22)(H,20,21)/b15-11-. The van der Waals surface area contributed by atoms with E-state index in [1.165, 1.54) is 13.0 Å². The van der Waals surface area contributed by atoms with Gasteiger partial charge in [0, 0.05) is 32.4 Å². The highest BCUT2D eigenvalue weighted by Crippen LogP contribution is 2.12. The van der Waals surface area contributed by atoms with Crippen molar-refractivity contribution in [3.63, 3.8) is 0 Å². The topological polar surface area (TPSA) is 91.2 Å². The van der Waals surface area contributed by atoms with Gasteiger partial charge in [0.2, 0.25) is 5.91 Å². The predicted molar refractivity (Wildman–Crippen MR) is 88.5 cm³/mol. The summed E-state index contributed by atoms with van der Waals surface area (Å²) in [6, 6.07) is 8.77. The largest absolute Gasteiger partial charge is 0.382 e. The highest BCUT2D eigenvalue weighted by atomic mass is 16.5. The van der Waals surface area contributed by atoms with Gasteiger partial charge in [0.1, 0.15) is 11.6 Å². The molecule has 0 aliphatic rings. The maximum absolute atomic E-state index is 11.9. The molecule has 23 heavy (non-hydrogen) atoms. The average Bonchev–Trinajstić information content (AvgIpc) is 2.53. The SMILES string of the molecule is CCOCCCNC(=O)/C(C#N)=C\c1ccc(NC(C)=O)cc1. The van der Waals surface area contributed by atoms with Gasteiger partial charge in [0.25, 0.3) is 5.91 Å². The molecule has 1 aromatic rings. The predicted octanol–water partition coefficient (Wildman–Crippen LogP) is 2.09. The van der Waals surface area contributed by atoms with Gasteiger partial charge in [0.05, 0.1) is 0 Å². The molecule has 1 rings (SSSR count). The number of hydrogen-bond donors (Lipinski definition) is 2. The molecule has 0 atom stereocenters. The Morgan fingerprint density at radius 1 is 1.30 bits per heavy atom. The van der Waals surface area contributed by atoms with E-state index in [-0.39, 0.29) is 11.5 Å². The second-order valence-corrected chi connectivity index (χ2v) is 4.78. The molecule has 0 aliphatic carbocycles. The zero-order chi connectivity index (χ0) is 17.1. The minimum absolute atomic E-state index is 0.0358. The van der Waals surface area contributed by atoms with Gasteiger partial charge < -0.3 is 15.4 Å². The minimum Gasteiger partial charge on any atom is -0.382 e. The van der Waals surface area contributed by atoms with E-state index in [4.69, 9.17) is 10.00 Å². The van der Waals surface area contributed by atoms with Gasteiger partial charge in [-0.2, -0.15) is 5.26 Å². The van der Waals surface area contributed by atoms with E-state index in [2.05, 4.69) is 10.6 Å². The molecule has 0 spiro atoms. The van der Waals surface area contributed by atoms with Crippen LogP contribution in [0.15, 0.2) is 29.8 Å². The fraction of sp³-hybridized carbons (Fsp3) is 0.353. The number of nitrogens with zero attached hydrogens (tertiary/aromatic N) is 1. The van der Waals surface area contributed by atoms with E-state index in [0.29, 0.717) is 37.4 Å². The fourth-order valence-corrected chi connectivity index (χ4v) is 1.80. The summed E-state index contributed by atoms with van der Waals surface area (Å²) in [5, 5.41) is 14.4. The summed E-state index contributed by atoms with van der Waals surface area (Å²) in [4.78, 5) is 22.9. The molecule has 2 amide bonds. The first-order valence-electron chi connectivity index (χ1n) is 7.42. The quantitative estimate of drug-likeness (QED) is 0.436. The molecule has 0 heterocycles. The lowest BCUT2D eigenvalue weighted by Crippen LogP contribution is -2.26. The molecule has 0 saturated carbocycles. The van der Waals surface area contributed by atoms with Gasteiger partial charge >= 0.3 is 0 Å². The third kappa shape index (κ3) is 7.25. The lowest BCUT2D eigenvalue weighted by Gasteiger charge is -2.05. The van der Waals surface area contributed by atoms with E-state index in [9.17, 15) is 9.59 Å². The molecular formula is C17H21N3O3. The molecular weight excluding hydrogens is 294 g/mol. The Labute approximate surface area is 136 Å². The molecule has 2 N–H and O–H groups in total. The van der Waals surface area contributed by atoms with Crippen LogP contribution in [-0.4, -0.2) is 31.6 Å². The number of rotatable bonds is 8. The number of carbonyl (C=O) groups is 2. The second kappa shape index (κ2) is 10.1. The van der Waals surface area contributed by atoms with Gasteiger partial charge in [-0.15, -0.1) is 0 Å². The summed E-state index contributed by atoms with van der Waals surface area (Å²) in [7, 11) is 0. The Morgan fingerprint density at radius 3 is 2.57 bits per heavy atom. The lowest BCUT2D eigenvalue weighted by atomic mass is 10.1. The first-order valence-corrected chi connectivity index (χ1v) is 7.42. The molecule has 0 radical (unpaired) electrons. The van der Waals surface area contributed by atoms with E-state index < -0.39 is 5.91 Å². The van der Waals surface area contributed by atoms with Crippen molar-refractivity contribution in [2.45, 2.75) is 20.3 Å². The van der Waals surface area contributed by atoms with Crippen molar-refractivity contribution in [3.8, 4) is 6.07 Å². The number of ether oxygens (including phenoxy) is 1. The number of hydrogen-bond acceptors (Lipinski definition) is 4. The van der Waals surface area contributed by atoms with E-state index in [0.717, 1.165) is 0 Å². The van der Waals surface area contributed by atoms with Gasteiger partial charge in [0.15, 0.2) is 0 Å². The highest BCUT2D eigenvalue weighted by Gasteiger charge is 2.08. The molecule has 6 heteroatoms. The van der Waals surface area contributed by atoms with Crippen LogP contribution in [0.1, 0.15) is 25.8 Å². The molecule has 0 bridgehead atoms. The Bertz CT molecular complexity index is 601. The van der Waals surface area contributed by atoms with E-state index in [1.54, 1.807) is 24.3 Å². The van der Waals surface area contributed by atoms with Crippen molar-refractivity contribution in [2.24, 2.45) is 0 Å². The lowest BCUT2D eigenvalue weighted by molar-refractivity contribution is -0.117. The van der Waals surface area contributed by atoms with Crippen LogP contribution in [0.5, 0.6) is 0 Å². The van der Waals surface area contributed by atoms with Crippen LogP contribution in [0.25, 0.3) is 6.08 Å². The number of benzene rings is 1. The summed E-state index contributed by atoms with van der Waals surface area (Å²) >= 11 is 0. The van der Waals surface area contributed by atoms with Crippen LogP contribution in [0.3, 0.4) is 0 Å². The van der Waals surface area contributed by atoms with E-state index in [1.807, 2.05) is 13.0 Å². The summed E-state index contributed by atoms with van der Waals surface area (Å²) < 4.78 is 5.18. The molecule has 1 aromatic carbocycles. The van der Waals surface area contributed by atoms with Crippen molar-refractivity contribution in [1.82, 2.24) is 5.32 Å². The fourth-order valence-electron chi connectivity index (χ4n) is 1.80. The molecule has 0 unspecified atom stereocenters. The van der Waals surface area contributed by atoms with Crippen molar-refractivity contribution >= 4 is 23.6 Å². The number of anilines is 1. The van der Waals surface area contributed by atoms with Gasteiger partial charge in [-0.05, 0) is 37.1 Å². The zero-order valence-electron chi connectivity index (χ0n) is 13.4. The van der Waals surface area contributed by atoms with Crippen LogP contribution in [-0.2, 0) is 14.3 Å². The summed E-state index contributed by atoms with van der Waals surface area (Å²) in [5.74, 6) is -0.563. The zero-order valence-corrected chi connectivity index (χ0v) is 13.4. The van der Waals surface area contributed by atoms with Crippen LogP contribution in [0.4, 0.5) is 5.69 Å². The van der Waals surface area contributed by atoms with Crippen molar-refractivity contribution in [3.05, 3.63) is 35.4 Å². The van der Waals surface area contributed by atoms with Gasteiger partial charge in [-0.3, -0.25) is 9.59 Å². The molecule has 0 aliphatic heterocycles. The monoisotopic (exact) mass is 315 g/mol. The average molecular weight is 315 g/mol. The third-order valence-electron chi connectivity index (χ3n) is 2.86. The summed E-state index contributed by atoms with van der Waals surface area (Å²) in [6.07, 6.45) is 2.21.